The van der Waals surface area contributed by atoms with E-state index in [1.807, 2.05) is 24.4 Å². The first-order valence-electron chi connectivity index (χ1n) is 19.7. The molecule has 1 radical (unpaired) electrons. The molecule has 271 valence electrons. The Balaban J connectivity index is 0.00000384. The van der Waals surface area contributed by atoms with Gasteiger partial charge >= 0.3 is 0 Å². The van der Waals surface area contributed by atoms with Crippen LogP contribution >= 0.6 is 0 Å². The summed E-state index contributed by atoms with van der Waals surface area (Å²) in [6.45, 7) is 0. The SMILES string of the molecule is [Ir].[c-]1cc(-c2ccc(-c3ccc4c(c3)C3(CCCCC3)c3cc(-c5ccc(-n6c7ccccc7c7ccccc76)cc5)ccc3-4)cc2)ccc1-c1ccccn1. The van der Waals surface area contributed by atoms with Crippen molar-refractivity contribution in [2.24, 2.45) is 0 Å². The summed E-state index contributed by atoms with van der Waals surface area (Å²) in [6.07, 6.45) is 8.09. The van der Waals surface area contributed by atoms with Crippen molar-refractivity contribution in [3.63, 3.8) is 0 Å². The van der Waals surface area contributed by atoms with E-state index in [0.29, 0.717) is 0 Å². The molecule has 0 N–H and O–H groups in total. The summed E-state index contributed by atoms with van der Waals surface area (Å²) in [7, 11) is 0. The number of fused-ring (bicyclic) bond motifs is 8. The number of pyridine rings is 1. The van der Waals surface area contributed by atoms with Gasteiger partial charge in [-0.05, 0) is 106 Å². The van der Waals surface area contributed by atoms with Crippen molar-refractivity contribution < 1.29 is 20.1 Å². The maximum atomic E-state index is 4.48. The van der Waals surface area contributed by atoms with Crippen LogP contribution in [-0.2, 0) is 25.5 Å². The van der Waals surface area contributed by atoms with Gasteiger partial charge in [-0.15, -0.1) is 29.8 Å². The topological polar surface area (TPSA) is 17.8 Å². The second kappa shape index (κ2) is 14.0. The van der Waals surface area contributed by atoms with Crippen molar-refractivity contribution in [3.05, 3.63) is 193 Å². The molecule has 2 aliphatic rings. The number of benzene rings is 7. The number of para-hydroxylation sites is 2. The molecule has 0 saturated heterocycles. The number of rotatable bonds is 5. The molecule has 11 rings (SSSR count). The molecule has 0 atom stereocenters. The Labute approximate surface area is 341 Å². The number of aromatic nitrogens is 2. The average Bonchev–Trinajstić information content (AvgIpc) is 3.73. The molecular weight excluding hydrogens is 857 g/mol. The van der Waals surface area contributed by atoms with Gasteiger partial charge in [0.15, 0.2) is 0 Å². The molecule has 0 aliphatic heterocycles. The van der Waals surface area contributed by atoms with Gasteiger partial charge in [-0.3, -0.25) is 0 Å². The van der Waals surface area contributed by atoms with E-state index < -0.39 is 0 Å². The van der Waals surface area contributed by atoms with Crippen molar-refractivity contribution in [2.45, 2.75) is 37.5 Å². The zero-order chi connectivity index (χ0) is 36.3. The molecule has 0 bridgehead atoms. The van der Waals surface area contributed by atoms with Gasteiger partial charge in [-0.1, -0.05) is 140 Å². The van der Waals surface area contributed by atoms with Crippen molar-refractivity contribution in [1.82, 2.24) is 9.55 Å². The van der Waals surface area contributed by atoms with E-state index in [2.05, 4.69) is 167 Å². The number of nitrogens with zero attached hydrogens (tertiary/aromatic N) is 2. The Morgan fingerprint density at radius 3 is 1.55 bits per heavy atom. The molecule has 1 saturated carbocycles. The van der Waals surface area contributed by atoms with Crippen LogP contribution in [0.3, 0.4) is 0 Å². The first kappa shape index (κ1) is 34.6. The van der Waals surface area contributed by atoms with Gasteiger partial charge in [0.05, 0.1) is 11.0 Å². The van der Waals surface area contributed by atoms with Crippen LogP contribution in [0.4, 0.5) is 0 Å². The molecule has 9 aromatic rings. The number of hydrogen-bond acceptors (Lipinski definition) is 1. The first-order chi connectivity index (χ1) is 27.2. The third kappa shape index (κ3) is 5.61. The van der Waals surface area contributed by atoms with E-state index >= 15 is 0 Å². The summed E-state index contributed by atoms with van der Waals surface area (Å²) >= 11 is 0. The van der Waals surface area contributed by atoms with E-state index in [9.17, 15) is 0 Å². The van der Waals surface area contributed by atoms with Gasteiger partial charge in [0, 0.05) is 48.2 Å². The predicted octanol–water partition coefficient (Wildman–Crippen LogP) is 13.9. The van der Waals surface area contributed by atoms with Crippen LogP contribution in [0.5, 0.6) is 0 Å². The zero-order valence-corrected chi connectivity index (χ0v) is 33.4. The van der Waals surface area contributed by atoms with E-state index in [1.54, 1.807) is 0 Å². The Morgan fingerprint density at radius 2 is 1.00 bits per heavy atom. The summed E-state index contributed by atoms with van der Waals surface area (Å²) < 4.78 is 2.40. The van der Waals surface area contributed by atoms with Crippen LogP contribution in [0.15, 0.2) is 176 Å². The summed E-state index contributed by atoms with van der Waals surface area (Å²) in [5.74, 6) is 0. The van der Waals surface area contributed by atoms with Crippen molar-refractivity contribution >= 4 is 21.8 Å². The average molecular weight is 896 g/mol. The molecule has 1 spiro atoms. The second-order valence-corrected chi connectivity index (χ2v) is 15.4. The summed E-state index contributed by atoms with van der Waals surface area (Å²) in [6, 6.07) is 66.0. The van der Waals surface area contributed by atoms with Crippen molar-refractivity contribution in [1.29, 1.82) is 0 Å². The van der Waals surface area contributed by atoms with Gasteiger partial charge in [0.1, 0.15) is 0 Å². The predicted molar refractivity (Wildman–Crippen MR) is 228 cm³/mol. The molecule has 3 heteroatoms. The monoisotopic (exact) mass is 896 g/mol. The summed E-state index contributed by atoms with van der Waals surface area (Å²) in [5, 5.41) is 2.58. The third-order valence-electron chi connectivity index (χ3n) is 12.4. The molecule has 0 amide bonds. The molecule has 56 heavy (non-hydrogen) atoms. The molecule has 2 heterocycles. The molecule has 2 aliphatic carbocycles. The minimum absolute atomic E-state index is 0. The van der Waals surface area contributed by atoms with Crippen molar-refractivity contribution in [2.75, 3.05) is 0 Å². The smallest absolute Gasteiger partial charge is 0.0541 e. The first-order valence-corrected chi connectivity index (χ1v) is 19.7. The molecule has 0 unspecified atom stereocenters. The standard InChI is InChI=1S/C53H39N2.Ir/c1-7-31-53(32-8-1)48-34-41(38-17-15-36(16-18-38)37-19-21-40(22-20-37)50-12-6-9-33-54-50)25-29-44(48)45-30-26-42(35-49(45)53)39-23-27-43(28-24-39)55-51-13-4-2-10-46(51)47-11-3-5-14-52(47)55;/h2-6,9-21,23-30,33-35H,1,7-8,31-32H2;/q-1;. The van der Waals surface area contributed by atoms with E-state index in [1.165, 1.54) is 110 Å². The molecule has 2 aromatic heterocycles. The minimum Gasteiger partial charge on any atom is -0.309 e. The van der Waals surface area contributed by atoms with Gasteiger partial charge in [-0.2, -0.15) is 0 Å². The zero-order valence-electron chi connectivity index (χ0n) is 31.0. The van der Waals surface area contributed by atoms with Crippen LogP contribution in [0, 0.1) is 6.07 Å². The fourth-order valence-electron chi connectivity index (χ4n) is 9.69. The fraction of sp³-hybridized carbons (Fsp3) is 0.113. The third-order valence-corrected chi connectivity index (χ3v) is 12.4. The fourth-order valence-corrected chi connectivity index (χ4v) is 9.69. The van der Waals surface area contributed by atoms with Crippen LogP contribution in [-0.4, -0.2) is 9.55 Å². The molecule has 7 aromatic carbocycles. The van der Waals surface area contributed by atoms with E-state index in [0.717, 1.165) is 16.8 Å². The molecular formula is C53H39IrN2-. The second-order valence-electron chi connectivity index (χ2n) is 15.4. The van der Waals surface area contributed by atoms with E-state index in [-0.39, 0.29) is 25.5 Å². The molecule has 1 fully saturated rings. The Morgan fingerprint density at radius 1 is 0.482 bits per heavy atom. The largest absolute Gasteiger partial charge is 0.309 e. The minimum atomic E-state index is 0. The Hall–Kier alpha value is -5.86. The normalized spacial score (nSPS) is 14.1. The number of hydrogen-bond donors (Lipinski definition) is 0. The van der Waals surface area contributed by atoms with Crippen LogP contribution < -0.4 is 0 Å². The van der Waals surface area contributed by atoms with Crippen LogP contribution in [0.1, 0.15) is 43.2 Å². The van der Waals surface area contributed by atoms with Gasteiger partial charge in [0.2, 0.25) is 0 Å². The molecule has 2 nitrogen and oxygen atoms in total. The Kier molecular flexibility index (Phi) is 8.66. The van der Waals surface area contributed by atoms with Gasteiger partial charge in [0.25, 0.3) is 0 Å². The Bertz CT molecular complexity index is 2810. The summed E-state index contributed by atoms with van der Waals surface area (Å²) in [5.41, 5.74) is 19.0. The van der Waals surface area contributed by atoms with Crippen LogP contribution in [0.25, 0.3) is 83.3 Å². The maximum absolute atomic E-state index is 4.48. The quantitative estimate of drug-likeness (QED) is 0.157. The van der Waals surface area contributed by atoms with Gasteiger partial charge in [-0.25, -0.2) is 0 Å². The van der Waals surface area contributed by atoms with Gasteiger partial charge < -0.3 is 9.55 Å². The maximum Gasteiger partial charge on any atom is 0.0541 e. The van der Waals surface area contributed by atoms with E-state index in [4.69, 9.17) is 0 Å². The van der Waals surface area contributed by atoms with Crippen molar-refractivity contribution in [3.8, 4) is 61.5 Å². The van der Waals surface area contributed by atoms with Crippen LogP contribution in [0.2, 0.25) is 0 Å². The summed E-state index contributed by atoms with van der Waals surface area (Å²) in [4.78, 5) is 4.48.